The zero-order valence-corrected chi connectivity index (χ0v) is 17.2. The van der Waals surface area contributed by atoms with Gasteiger partial charge < -0.3 is 4.90 Å². The first kappa shape index (κ1) is 19.6. The number of benzene rings is 1. The van der Waals surface area contributed by atoms with Crippen LogP contribution < -0.4 is 4.90 Å². The van der Waals surface area contributed by atoms with E-state index in [0.29, 0.717) is 6.04 Å². The van der Waals surface area contributed by atoms with Gasteiger partial charge in [-0.3, -0.25) is 9.80 Å². The van der Waals surface area contributed by atoms with Crippen LogP contribution in [-0.4, -0.2) is 71.3 Å². The summed E-state index contributed by atoms with van der Waals surface area (Å²) in [6, 6.07) is 7.50. The molecule has 0 radical (unpaired) electrons. The number of nitrogens with zero attached hydrogens (tertiary/aromatic N) is 5. The minimum absolute atomic E-state index is 0.168. The van der Waals surface area contributed by atoms with Gasteiger partial charge in [0.25, 0.3) is 0 Å². The van der Waals surface area contributed by atoms with Crippen molar-refractivity contribution in [3.05, 3.63) is 48.0 Å². The molecule has 0 spiro atoms. The predicted octanol–water partition coefficient (Wildman–Crippen LogP) is 3.12. The summed E-state index contributed by atoms with van der Waals surface area (Å²) < 4.78 is 13.1. The Hall–Kier alpha value is -1.70. The zero-order valence-electron chi connectivity index (χ0n) is 16.4. The van der Waals surface area contributed by atoms with Gasteiger partial charge in [-0.25, -0.2) is 14.4 Å². The lowest BCUT2D eigenvalue weighted by molar-refractivity contribution is 0.0886. The Labute approximate surface area is 170 Å². The minimum atomic E-state index is -0.168. The highest BCUT2D eigenvalue weighted by Gasteiger charge is 2.28. The van der Waals surface area contributed by atoms with Gasteiger partial charge in [-0.15, -0.1) is 0 Å². The van der Waals surface area contributed by atoms with E-state index < -0.39 is 0 Å². The SMILES string of the molecule is CSc1ncc(CN2CCC[C@H](N3CCN(c4ccc(F)cc4)CC3)C2)cn1. The van der Waals surface area contributed by atoms with Gasteiger partial charge in [0.2, 0.25) is 0 Å². The van der Waals surface area contributed by atoms with Crippen molar-refractivity contribution >= 4 is 17.4 Å². The Morgan fingerprint density at radius 1 is 1.04 bits per heavy atom. The van der Waals surface area contributed by atoms with Crippen LogP contribution >= 0.6 is 11.8 Å². The number of rotatable bonds is 5. The molecule has 3 heterocycles. The second-order valence-electron chi connectivity index (χ2n) is 7.61. The fourth-order valence-corrected chi connectivity index (χ4v) is 4.57. The Bertz CT molecular complexity index is 746. The third-order valence-corrected chi connectivity index (χ3v) is 6.35. The van der Waals surface area contributed by atoms with Crippen LogP contribution in [0.1, 0.15) is 18.4 Å². The van der Waals surface area contributed by atoms with Crippen LogP contribution in [0, 0.1) is 5.82 Å². The number of hydrogen-bond acceptors (Lipinski definition) is 6. The predicted molar refractivity (Wildman–Crippen MR) is 112 cm³/mol. The average Bonchev–Trinajstić information content (AvgIpc) is 2.75. The van der Waals surface area contributed by atoms with Crippen molar-refractivity contribution < 1.29 is 4.39 Å². The van der Waals surface area contributed by atoms with Crippen molar-refractivity contribution in [3.63, 3.8) is 0 Å². The molecule has 28 heavy (non-hydrogen) atoms. The Balaban J connectivity index is 1.29. The summed E-state index contributed by atoms with van der Waals surface area (Å²) in [6.45, 7) is 7.35. The molecule has 2 aliphatic heterocycles. The van der Waals surface area contributed by atoms with E-state index in [9.17, 15) is 4.39 Å². The molecular weight excluding hydrogens is 373 g/mol. The van der Waals surface area contributed by atoms with E-state index in [4.69, 9.17) is 0 Å². The molecule has 0 bridgehead atoms. The summed E-state index contributed by atoms with van der Waals surface area (Å²) in [5.74, 6) is -0.168. The van der Waals surface area contributed by atoms with Crippen molar-refractivity contribution in [3.8, 4) is 0 Å². The van der Waals surface area contributed by atoms with Crippen LogP contribution in [-0.2, 0) is 6.54 Å². The highest BCUT2D eigenvalue weighted by molar-refractivity contribution is 7.98. The van der Waals surface area contributed by atoms with E-state index in [1.807, 2.05) is 30.8 Å². The lowest BCUT2D eigenvalue weighted by atomic mass is 10.0. The van der Waals surface area contributed by atoms with Crippen molar-refractivity contribution in [2.45, 2.75) is 30.6 Å². The van der Waals surface area contributed by atoms with Crippen LogP contribution in [0.3, 0.4) is 0 Å². The molecule has 0 N–H and O–H groups in total. The van der Waals surface area contributed by atoms with Crippen molar-refractivity contribution in [2.24, 2.45) is 0 Å². The monoisotopic (exact) mass is 401 g/mol. The van der Waals surface area contributed by atoms with Crippen LogP contribution in [0.15, 0.2) is 41.8 Å². The largest absolute Gasteiger partial charge is 0.369 e. The van der Waals surface area contributed by atoms with E-state index in [2.05, 4.69) is 24.7 Å². The number of hydrogen-bond donors (Lipinski definition) is 0. The zero-order chi connectivity index (χ0) is 19.3. The third kappa shape index (κ3) is 4.82. The van der Waals surface area contributed by atoms with Gasteiger partial charge in [-0.1, -0.05) is 11.8 Å². The summed E-state index contributed by atoms with van der Waals surface area (Å²) in [5, 5.41) is 0.833. The Morgan fingerprint density at radius 3 is 2.43 bits per heavy atom. The number of anilines is 1. The van der Waals surface area contributed by atoms with Crippen LogP contribution in [0.2, 0.25) is 0 Å². The van der Waals surface area contributed by atoms with E-state index in [1.165, 1.54) is 18.4 Å². The van der Waals surface area contributed by atoms with Gasteiger partial charge in [0.1, 0.15) is 5.82 Å². The molecule has 2 fully saturated rings. The number of halogens is 1. The van der Waals surface area contributed by atoms with E-state index in [-0.39, 0.29) is 5.82 Å². The van der Waals surface area contributed by atoms with E-state index in [1.54, 1.807) is 23.9 Å². The molecular formula is C21H28FN5S. The second kappa shape index (κ2) is 9.20. The van der Waals surface area contributed by atoms with Gasteiger partial charge in [-0.2, -0.15) is 0 Å². The van der Waals surface area contributed by atoms with Gasteiger partial charge >= 0.3 is 0 Å². The highest BCUT2D eigenvalue weighted by Crippen LogP contribution is 2.22. The summed E-state index contributed by atoms with van der Waals surface area (Å²) in [7, 11) is 0. The molecule has 0 amide bonds. The number of likely N-dealkylation sites (tertiary alicyclic amines) is 1. The molecule has 1 aromatic heterocycles. The maximum absolute atomic E-state index is 13.1. The molecule has 7 heteroatoms. The van der Waals surface area contributed by atoms with Crippen LogP contribution in [0.4, 0.5) is 10.1 Å². The fourth-order valence-electron chi connectivity index (χ4n) is 4.26. The lowest BCUT2D eigenvalue weighted by Crippen LogP contribution is -2.55. The number of aromatic nitrogens is 2. The highest BCUT2D eigenvalue weighted by atomic mass is 32.2. The molecule has 2 saturated heterocycles. The van der Waals surface area contributed by atoms with Crippen molar-refractivity contribution in [2.75, 3.05) is 50.4 Å². The Kier molecular flexibility index (Phi) is 6.44. The van der Waals surface area contributed by atoms with Gasteiger partial charge in [0, 0.05) is 69.0 Å². The van der Waals surface area contributed by atoms with Crippen LogP contribution in [0.5, 0.6) is 0 Å². The topological polar surface area (TPSA) is 35.5 Å². The maximum Gasteiger partial charge on any atom is 0.187 e. The molecule has 5 nitrogen and oxygen atoms in total. The number of piperidine rings is 1. The standard InChI is InChI=1S/C21H28FN5S/c1-28-21-23-13-17(14-24-21)15-25-8-2-3-20(16-25)27-11-9-26(10-12-27)19-6-4-18(22)5-7-19/h4-7,13-14,20H,2-3,8-12,15-16H2,1H3/t20-/m0/s1. The first-order valence-corrected chi connectivity index (χ1v) is 11.3. The van der Waals surface area contributed by atoms with Gasteiger partial charge in [0.05, 0.1) is 0 Å². The molecule has 4 rings (SSSR count). The normalized spacial score (nSPS) is 21.8. The Morgan fingerprint density at radius 2 is 1.75 bits per heavy atom. The molecule has 1 atom stereocenters. The molecule has 0 saturated carbocycles. The van der Waals surface area contributed by atoms with Gasteiger partial charge in [0.15, 0.2) is 5.16 Å². The first-order chi connectivity index (χ1) is 13.7. The summed E-state index contributed by atoms with van der Waals surface area (Å²) in [4.78, 5) is 16.3. The van der Waals surface area contributed by atoms with E-state index in [0.717, 1.165) is 56.7 Å². The van der Waals surface area contributed by atoms with Crippen molar-refractivity contribution in [1.82, 2.24) is 19.8 Å². The summed E-state index contributed by atoms with van der Waals surface area (Å²) in [5.41, 5.74) is 2.32. The molecule has 2 aliphatic rings. The maximum atomic E-state index is 13.1. The number of piperazine rings is 1. The molecule has 0 aliphatic carbocycles. The summed E-state index contributed by atoms with van der Waals surface area (Å²) >= 11 is 1.58. The van der Waals surface area contributed by atoms with E-state index >= 15 is 0 Å². The van der Waals surface area contributed by atoms with Crippen molar-refractivity contribution in [1.29, 1.82) is 0 Å². The molecule has 150 valence electrons. The molecule has 0 unspecified atom stereocenters. The minimum Gasteiger partial charge on any atom is -0.369 e. The van der Waals surface area contributed by atoms with Crippen LogP contribution in [0.25, 0.3) is 0 Å². The average molecular weight is 402 g/mol. The summed E-state index contributed by atoms with van der Waals surface area (Å²) in [6.07, 6.45) is 8.44. The van der Waals surface area contributed by atoms with Gasteiger partial charge in [-0.05, 0) is 49.9 Å². The fraction of sp³-hybridized carbons (Fsp3) is 0.524. The first-order valence-electron chi connectivity index (χ1n) is 10.0. The smallest absolute Gasteiger partial charge is 0.187 e. The quantitative estimate of drug-likeness (QED) is 0.566. The lowest BCUT2D eigenvalue weighted by Gasteiger charge is -2.44. The molecule has 2 aromatic rings. The number of thioether (sulfide) groups is 1. The third-order valence-electron chi connectivity index (χ3n) is 5.77. The second-order valence-corrected chi connectivity index (χ2v) is 8.38. The molecule has 1 aromatic carbocycles.